The minimum atomic E-state index is -0.514. The van der Waals surface area contributed by atoms with Crippen LogP contribution >= 0.6 is 0 Å². The summed E-state index contributed by atoms with van der Waals surface area (Å²) in [5, 5.41) is 8.51. The van der Waals surface area contributed by atoms with E-state index in [4.69, 9.17) is 5.21 Å². The maximum Gasteiger partial charge on any atom is 0.267 e. The molecule has 2 aromatic rings. The van der Waals surface area contributed by atoms with Crippen molar-refractivity contribution < 1.29 is 10.0 Å². The molecule has 1 aliphatic heterocycles. The normalized spacial score (nSPS) is 14.5. The van der Waals surface area contributed by atoms with Crippen molar-refractivity contribution in [3.05, 3.63) is 76.9 Å². The van der Waals surface area contributed by atoms with Gasteiger partial charge in [0.2, 0.25) is 0 Å². The quantitative estimate of drug-likeness (QED) is 0.506. The van der Waals surface area contributed by atoms with E-state index in [1.54, 1.807) is 11.6 Å². The molecule has 0 saturated carbocycles. The van der Waals surface area contributed by atoms with Crippen LogP contribution in [0.2, 0.25) is 0 Å². The van der Waals surface area contributed by atoms with Crippen LogP contribution < -0.4 is 5.48 Å². The Balaban J connectivity index is 1.60. The number of amides is 1. The van der Waals surface area contributed by atoms with Crippen LogP contribution in [0.5, 0.6) is 0 Å². The fourth-order valence-corrected chi connectivity index (χ4v) is 3.07. The van der Waals surface area contributed by atoms with Crippen LogP contribution in [0.3, 0.4) is 0 Å². The molecule has 0 aliphatic carbocycles. The SMILES string of the molecule is O=C(C=Cc1ccc2c(c1)CCN(CCc1ccccc1)C2)NO. The molecule has 4 nitrogen and oxygen atoms in total. The van der Waals surface area contributed by atoms with Gasteiger partial charge in [-0.15, -0.1) is 0 Å². The summed E-state index contributed by atoms with van der Waals surface area (Å²) in [5.74, 6) is -0.514. The molecule has 0 unspecified atom stereocenters. The van der Waals surface area contributed by atoms with Gasteiger partial charge < -0.3 is 0 Å². The van der Waals surface area contributed by atoms with Crippen LogP contribution in [-0.4, -0.2) is 29.1 Å². The number of carbonyl (C=O) groups excluding carboxylic acids is 1. The van der Waals surface area contributed by atoms with Crippen molar-refractivity contribution in [2.75, 3.05) is 13.1 Å². The van der Waals surface area contributed by atoms with Gasteiger partial charge in [-0.1, -0.05) is 48.5 Å². The van der Waals surface area contributed by atoms with Gasteiger partial charge in [-0.25, -0.2) is 5.48 Å². The first-order chi connectivity index (χ1) is 11.7. The lowest BCUT2D eigenvalue weighted by Crippen LogP contribution is -2.32. The summed E-state index contributed by atoms with van der Waals surface area (Å²) in [7, 11) is 0. The molecule has 0 radical (unpaired) electrons. The van der Waals surface area contributed by atoms with Gasteiger partial charge in [0.05, 0.1) is 0 Å². The maximum atomic E-state index is 11.1. The molecule has 0 atom stereocenters. The molecule has 2 aromatic carbocycles. The van der Waals surface area contributed by atoms with E-state index in [0.29, 0.717) is 0 Å². The average molecular weight is 322 g/mol. The molecule has 3 rings (SSSR count). The second-order valence-corrected chi connectivity index (χ2v) is 6.10. The average Bonchev–Trinajstić information content (AvgIpc) is 2.65. The number of nitrogens with one attached hydrogen (secondary N) is 1. The summed E-state index contributed by atoms with van der Waals surface area (Å²) in [6, 6.07) is 16.9. The van der Waals surface area contributed by atoms with Crippen molar-refractivity contribution in [3.63, 3.8) is 0 Å². The van der Waals surface area contributed by atoms with Crippen molar-refractivity contribution in [2.24, 2.45) is 0 Å². The Kier molecular flexibility index (Phi) is 5.41. The first-order valence-electron chi connectivity index (χ1n) is 8.25. The highest BCUT2D eigenvalue weighted by molar-refractivity contribution is 5.90. The van der Waals surface area contributed by atoms with E-state index in [0.717, 1.165) is 38.0 Å². The number of benzene rings is 2. The molecule has 0 fully saturated rings. The van der Waals surface area contributed by atoms with Crippen molar-refractivity contribution in [1.29, 1.82) is 0 Å². The number of rotatable bonds is 5. The van der Waals surface area contributed by atoms with Gasteiger partial charge in [-0.2, -0.15) is 0 Å². The number of hydrogen-bond acceptors (Lipinski definition) is 3. The standard InChI is InChI=1S/C20H22N2O2/c23-20(21-24)9-7-17-6-8-19-15-22(13-11-18(19)14-17)12-10-16-4-2-1-3-5-16/h1-9,14,24H,10-13,15H2,(H,21,23). The smallest absolute Gasteiger partial charge is 0.267 e. The molecule has 24 heavy (non-hydrogen) atoms. The van der Waals surface area contributed by atoms with Gasteiger partial charge in [0, 0.05) is 25.7 Å². The first kappa shape index (κ1) is 16.4. The lowest BCUT2D eigenvalue weighted by atomic mass is 9.96. The molecule has 1 aliphatic rings. The largest absolute Gasteiger partial charge is 0.298 e. The van der Waals surface area contributed by atoms with E-state index in [2.05, 4.69) is 47.4 Å². The molecule has 0 spiro atoms. The molecular weight excluding hydrogens is 300 g/mol. The molecule has 2 N–H and O–H groups in total. The molecule has 1 heterocycles. The van der Waals surface area contributed by atoms with Crippen LogP contribution in [-0.2, 0) is 24.2 Å². The summed E-state index contributed by atoms with van der Waals surface area (Å²) in [6.07, 6.45) is 5.15. The van der Waals surface area contributed by atoms with E-state index >= 15 is 0 Å². The minimum Gasteiger partial charge on any atom is -0.298 e. The van der Waals surface area contributed by atoms with Crippen molar-refractivity contribution in [2.45, 2.75) is 19.4 Å². The van der Waals surface area contributed by atoms with Crippen molar-refractivity contribution in [3.8, 4) is 0 Å². The highest BCUT2D eigenvalue weighted by Gasteiger charge is 2.16. The molecule has 0 bridgehead atoms. The van der Waals surface area contributed by atoms with Gasteiger partial charge in [0.25, 0.3) is 5.91 Å². The highest BCUT2D eigenvalue weighted by Crippen LogP contribution is 2.21. The Hall–Kier alpha value is -2.43. The third-order valence-corrected chi connectivity index (χ3v) is 4.42. The van der Waals surface area contributed by atoms with Gasteiger partial charge in [0.15, 0.2) is 0 Å². The van der Waals surface area contributed by atoms with E-state index in [9.17, 15) is 4.79 Å². The Labute approximate surface area is 142 Å². The number of fused-ring (bicyclic) bond motifs is 1. The highest BCUT2D eigenvalue weighted by atomic mass is 16.5. The monoisotopic (exact) mass is 322 g/mol. The lowest BCUT2D eigenvalue weighted by molar-refractivity contribution is -0.124. The van der Waals surface area contributed by atoms with Crippen LogP contribution in [0, 0.1) is 0 Å². The molecule has 4 heteroatoms. The zero-order chi connectivity index (χ0) is 16.8. The van der Waals surface area contributed by atoms with Crippen molar-refractivity contribution >= 4 is 12.0 Å². The maximum absolute atomic E-state index is 11.1. The third kappa shape index (κ3) is 4.31. The summed E-state index contributed by atoms with van der Waals surface area (Å²) in [6.45, 7) is 3.11. The fraction of sp³-hybridized carbons (Fsp3) is 0.250. The third-order valence-electron chi connectivity index (χ3n) is 4.42. The zero-order valence-electron chi connectivity index (χ0n) is 13.6. The second kappa shape index (κ2) is 7.90. The number of hydrogen-bond donors (Lipinski definition) is 2. The van der Waals surface area contributed by atoms with Gasteiger partial charge in [0.1, 0.15) is 0 Å². The Bertz CT molecular complexity index is 726. The van der Waals surface area contributed by atoms with Gasteiger partial charge in [-0.3, -0.25) is 14.9 Å². The van der Waals surface area contributed by atoms with Crippen LogP contribution in [0.1, 0.15) is 22.3 Å². The molecule has 0 aromatic heterocycles. The Morgan fingerprint density at radius 3 is 2.79 bits per heavy atom. The van der Waals surface area contributed by atoms with Crippen LogP contribution in [0.15, 0.2) is 54.6 Å². The van der Waals surface area contributed by atoms with E-state index in [-0.39, 0.29) is 0 Å². The molecule has 1 amide bonds. The zero-order valence-corrected chi connectivity index (χ0v) is 13.6. The van der Waals surface area contributed by atoms with Gasteiger partial charge >= 0.3 is 0 Å². The lowest BCUT2D eigenvalue weighted by Gasteiger charge is -2.29. The summed E-state index contributed by atoms with van der Waals surface area (Å²) >= 11 is 0. The number of nitrogens with zero attached hydrogens (tertiary/aromatic N) is 1. The fourth-order valence-electron chi connectivity index (χ4n) is 3.07. The van der Waals surface area contributed by atoms with E-state index in [1.165, 1.54) is 22.8 Å². The predicted molar refractivity (Wildman–Crippen MR) is 94.5 cm³/mol. The summed E-state index contributed by atoms with van der Waals surface area (Å²) in [4.78, 5) is 13.5. The van der Waals surface area contributed by atoms with Crippen LogP contribution in [0.25, 0.3) is 6.08 Å². The number of hydroxylamine groups is 1. The number of carbonyl (C=O) groups is 1. The van der Waals surface area contributed by atoms with Crippen LogP contribution in [0.4, 0.5) is 0 Å². The second-order valence-electron chi connectivity index (χ2n) is 6.10. The van der Waals surface area contributed by atoms with Gasteiger partial charge in [-0.05, 0) is 41.2 Å². The Morgan fingerprint density at radius 1 is 1.17 bits per heavy atom. The van der Waals surface area contributed by atoms with E-state index < -0.39 is 5.91 Å². The molecule has 0 saturated heterocycles. The molecule has 124 valence electrons. The predicted octanol–water partition coefficient (Wildman–Crippen LogP) is 2.81. The molecular formula is C20H22N2O2. The van der Waals surface area contributed by atoms with E-state index in [1.807, 2.05) is 6.07 Å². The first-order valence-corrected chi connectivity index (χ1v) is 8.25. The topological polar surface area (TPSA) is 52.6 Å². The summed E-state index contributed by atoms with van der Waals surface area (Å²) < 4.78 is 0. The summed E-state index contributed by atoms with van der Waals surface area (Å²) in [5.41, 5.74) is 6.66. The Morgan fingerprint density at radius 2 is 2.00 bits per heavy atom. The van der Waals surface area contributed by atoms with Crippen molar-refractivity contribution in [1.82, 2.24) is 10.4 Å². The minimum absolute atomic E-state index is 0.514.